The van der Waals surface area contributed by atoms with Crippen molar-refractivity contribution in [3.8, 4) is 0 Å². The number of aryl methyl sites for hydroxylation is 1. The molecule has 2 aromatic rings. The molecule has 166 valence electrons. The largest absolute Gasteiger partial charge is 0.343 e. The first-order valence-electron chi connectivity index (χ1n) is 11.6. The molecule has 7 heteroatoms. The first-order valence-corrected chi connectivity index (χ1v) is 11.6. The second-order valence-corrected chi connectivity index (χ2v) is 8.80. The van der Waals surface area contributed by atoms with Gasteiger partial charge in [-0.25, -0.2) is 4.98 Å². The summed E-state index contributed by atoms with van der Waals surface area (Å²) in [5, 5.41) is 0.594. The van der Waals surface area contributed by atoms with Gasteiger partial charge in [0.2, 0.25) is 11.8 Å². The summed E-state index contributed by atoms with van der Waals surface area (Å²) in [6.45, 7) is 3.03. The van der Waals surface area contributed by atoms with Gasteiger partial charge in [-0.2, -0.15) is 0 Å². The maximum absolute atomic E-state index is 12.9. The Kier molecular flexibility index (Phi) is 6.68. The van der Waals surface area contributed by atoms with E-state index in [-0.39, 0.29) is 23.3 Å². The van der Waals surface area contributed by atoms with E-state index < -0.39 is 0 Å². The maximum atomic E-state index is 12.9. The Bertz CT molecular complexity index is 1000. The summed E-state index contributed by atoms with van der Waals surface area (Å²) in [5.41, 5.74) is 0.585. The van der Waals surface area contributed by atoms with Gasteiger partial charge in [0, 0.05) is 52.0 Å². The number of carbonyl (C=O) groups is 2. The number of rotatable bonds is 4. The van der Waals surface area contributed by atoms with Crippen LogP contribution < -0.4 is 5.56 Å². The summed E-state index contributed by atoms with van der Waals surface area (Å²) in [5.74, 6) is 1.03. The van der Waals surface area contributed by atoms with Crippen molar-refractivity contribution in [2.75, 3.05) is 26.2 Å². The monoisotopic (exact) mass is 424 g/mol. The number of amides is 2. The smallest absolute Gasteiger partial charge is 0.261 e. The zero-order chi connectivity index (χ0) is 21.8. The van der Waals surface area contributed by atoms with Crippen LogP contribution in [0.4, 0.5) is 0 Å². The Morgan fingerprint density at radius 1 is 0.968 bits per heavy atom. The van der Waals surface area contributed by atoms with Gasteiger partial charge in [0.25, 0.3) is 5.56 Å². The van der Waals surface area contributed by atoms with E-state index in [9.17, 15) is 14.4 Å². The number of hydrogen-bond donors (Lipinski definition) is 0. The zero-order valence-corrected chi connectivity index (χ0v) is 18.4. The van der Waals surface area contributed by atoms with Crippen molar-refractivity contribution in [1.82, 2.24) is 19.4 Å². The molecule has 1 aromatic heterocycles. The van der Waals surface area contributed by atoms with Crippen LogP contribution in [0.15, 0.2) is 29.1 Å². The van der Waals surface area contributed by atoms with Crippen LogP contribution in [0.1, 0.15) is 50.8 Å². The molecule has 2 saturated heterocycles. The van der Waals surface area contributed by atoms with E-state index in [0.29, 0.717) is 42.7 Å². The predicted molar refractivity (Wildman–Crippen MR) is 120 cm³/mol. The molecule has 0 atom stereocenters. The number of likely N-dealkylation sites (tertiary alicyclic amines) is 2. The second-order valence-electron chi connectivity index (χ2n) is 8.80. The summed E-state index contributed by atoms with van der Waals surface area (Å²) in [7, 11) is 1.71. The number of hydrogen-bond acceptors (Lipinski definition) is 4. The molecule has 4 rings (SSSR count). The van der Waals surface area contributed by atoms with E-state index >= 15 is 0 Å². The average molecular weight is 425 g/mol. The van der Waals surface area contributed by atoms with E-state index in [1.54, 1.807) is 17.7 Å². The zero-order valence-electron chi connectivity index (χ0n) is 18.4. The van der Waals surface area contributed by atoms with Crippen molar-refractivity contribution in [2.24, 2.45) is 13.0 Å². The van der Waals surface area contributed by atoms with Gasteiger partial charge < -0.3 is 9.80 Å². The number of fused-ring (bicyclic) bond motifs is 1. The molecular formula is C24H32N4O3. The molecule has 0 saturated carbocycles. The third kappa shape index (κ3) is 4.81. The van der Waals surface area contributed by atoms with E-state index in [2.05, 4.69) is 4.98 Å². The number of aromatic nitrogens is 2. The van der Waals surface area contributed by atoms with E-state index in [0.717, 1.165) is 38.8 Å². The molecule has 0 N–H and O–H groups in total. The number of nitrogens with zero attached hydrogens (tertiary/aromatic N) is 4. The topological polar surface area (TPSA) is 75.5 Å². The summed E-state index contributed by atoms with van der Waals surface area (Å²) in [6, 6.07) is 7.29. The van der Waals surface area contributed by atoms with Gasteiger partial charge in [-0.15, -0.1) is 0 Å². The van der Waals surface area contributed by atoms with Crippen LogP contribution in [0, 0.1) is 5.92 Å². The van der Waals surface area contributed by atoms with E-state index in [1.165, 1.54) is 12.8 Å². The number of carbonyl (C=O) groups excluding carboxylic acids is 2. The van der Waals surface area contributed by atoms with Crippen molar-refractivity contribution in [3.63, 3.8) is 0 Å². The van der Waals surface area contributed by atoms with Crippen molar-refractivity contribution in [1.29, 1.82) is 0 Å². The molecule has 2 aliphatic heterocycles. The fourth-order valence-corrected chi connectivity index (χ4v) is 4.79. The van der Waals surface area contributed by atoms with Crippen molar-refractivity contribution < 1.29 is 9.59 Å². The summed E-state index contributed by atoms with van der Waals surface area (Å²) >= 11 is 0. The quantitative estimate of drug-likeness (QED) is 0.756. The third-order valence-corrected chi connectivity index (χ3v) is 6.75. The van der Waals surface area contributed by atoms with Crippen LogP contribution in [-0.2, 0) is 23.1 Å². The first kappa shape index (κ1) is 21.5. The SMILES string of the molecule is Cn1c(CCC(=O)N2CCC(C(=O)N3CCCCCC3)CC2)nc2ccccc2c1=O. The van der Waals surface area contributed by atoms with Gasteiger partial charge >= 0.3 is 0 Å². The molecular weight excluding hydrogens is 392 g/mol. The fraction of sp³-hybridized carbons (Fsp3) is 0.583. The summed E-state index contributed by atoms with van der Waals surface area (Å²) < 4.78 is 1.54. The van der Waals surface area contributed by atoms with E-state index in [1.807, 2.05) is 28.0 Å². The molecule has 0 radical (unpaired) electrons. The van der Waals surface area contributed by atoms with E-state index in [4.69, 9.17) is 0 Å². The average Bonchev–Trinajstić information content (AvgIpc) is 3.09. The molecule has 2 aliphatic rings. The first-order chi connectivity index (χ1) is 15.0. The molecule has 31 heavy (non-hydrogen) atoms. The number of piperidine rings is 1. The van der Waals surface area contributed by atoms with Gasteiger partial charge in [0.1, 0.15) is 5.82 Å². The van der Waals surface area contributed by atoms with Crippen molar-refractivity contribution in [2.45, 2.75) is 51.4 Å². The van der Waals surface area contributed by atoms with Gasteiger partial charge in [0.15, 0.2) is 0 Å². The van der Waals surface area contributed by atoms with Crippen LogP contribution in [0.2, 0.25) is 0 Å². The van der Waals surface area contributed by atoms with Crippen LogP contribution >= 0.6 is 0 Å². The molecule has 1 aromatic carbocycles. The summed E-state index contributed by atoms with van der Waals surface area (Å²) in [6.07, 6.45) is 6.89. The van der Waals surface area contributed by atoms with Crippen LogP contribution in [0.5, 0.6) is 0 Å². The molecule has 0 aliphatic carbocycles. The predicted octanol–water partition coefficient (Wildman–Crippen LogP) is 2.51. The second kappa shape index (κ2) is 9.62. The van der Waals surface area contributed by atoms with Gasteiger partial charge in [-0.05, 0) is 37.8 Å². The van der Waals surface area contributed by atoms with Crippen molar-refractivity contribution in [3.05, 3.63) is 40.4 Å². The van der Waals surface area contributed by atoms with Gasteiger partial charge in [-0.3, -0.25) is 19.0 Å². The Morgan fingerprint density at radius 3 is 2.35 bits per heavy atom. The van der Waals surface area contributed by atoms with Gasteiger partial charge in [-0.1, -0.05) is 25.0 Å². The number of benzene rings is 1. The maximum Gasteiger partial charge on any atom is 0.261 e. The standard InChI is InChI=1S/C24H32N4O3/c1-26-21(25-20-9-5-4-8-19(20)24(26)31)10-11-22(29)27-16-12-18(13-17-27)23(30)28-14-6-2-3-7-15-28/h4-5,8-9,18H,2-3,6-7,10-17H2,1H3. The molecule has 0 unspecified atom stereocenters. The highest BCUT2D eigenvalue weighted by Crippen LogP contribution is 2.22. The lowest BCUT2D eigenvalue weighted by Crippen LogP contribution is -2.44. The van der Waals surface area contributed by atoms with Gasteiger partial charge in [0.05, 0.1) is 10.9 Å². The normalized spacial score (nSPS) is 18.2. The molecule has 0 bridgehead atoms. The molecule has 0 spiro atoms. The van der Waals surface area contributed by atoms with Crippen LogP contribution in [-0.4, -0.2) is 57.3 Å². The molecule has 2 fully saturated rings. The molecule has 3 heterocycles. The molecule has 7 nitrogen and oxygen atoms in total. The number of para-hydroxylation sites is 1. The Labute approximate surface area is 183 Å². The lowest BCUT2D eigenvalue weighted by atomic mass is 9.94. The van der Waals surface area contributed by atoms with Crippen LogP contribution in [0.3, 0.4) is 0 Å². The Morgan fingerprint density at radius 2 is 1.65 bits per heavy atom. The Hall–Kier alpha value is -2.70. The minimum atomic E-state index is -0.0825. The molecule has 2 amide bonds. The minimum absolute atomic E-state index is 0.0464. The highest BCUT2D eigenvalue weighted by atomic mass is 16.2. The van der Waals surface area contributed by atoms with Crippen molar-refractivity contribution >= 4 is 22.7 Å². The highest BCUT2D eigenvalue weighted by molar-refractivity contribution is 5.80. The Balaban J connectivity index is 1.31. The third-order valence-electron chi connectivity index (χ3n) is 6.75. The lowest BCUT2D eigenvalue weighted by molar-refractivity contribution is -0.140. The van der Waals surface area contributed by atoms with Crippen LogP contribution in [0.25, 0.3) is 10.9 Å². The fourth-order valence-electron chi connectivity index (χ4n) is 4.79. The highest BCUT2D eigenvalue weighted by Gasteiger charge is 2.30. The lowest BCUT2D eigenvalue weighted by Gasteiger charge is -2.34. The minimum Gasteiger partial charge on any atom is -0.343 e. The summed E-state index contributed by atoms with van der Waals surface area (Å²) in [4.78, 5) is 46.7.